The zero-order chi connectivity index (χ0) is 15.8. The van der Waals surface area contributed by atoms with Crippen molar-refractivity contribution >= 4 is 25.7 Å². The maximum absolute atomic E-state index is 12.3. The highest BCUT2D eigenvalue weighted by molar-refractivity contribution is 7.93. The van der Waals surface area contributed by atoms with Gasteiger partial charge in [0.25, 0.3) is 10.0 Å². The molecule has 114 valence electrons. The van der Waals surface area contributed by atoms with Crippen molar-refractivity contribution in [1.29, 1.82) is 0 Å². The Bertz CT molecular complexity index is 883. The standard InChI is InChI=1S/C12H15N3O4S2/c1-9-7-12(15(2)13-9)14-21(18,19)11-6-4-5-10(8-11)20(3,16)17/h4-8,14H,1-3H3. The Kier molecular flexibility index (Phi) is 3.81. The van der Waals surface area contributed by atoms with Crippen LogP contribution in [0, 0.1) is 6.92 Å². The molecule has 2 aromatic rings. The second kappa shape index (κ2) is 5.15. The van der Waals surface area contributed by atoms with Gasteiger partial charge in [0.2, 0.25) is 0 Å². The lowest BCUT2D eigenvalue weighted by molar-refractivity contribution is 0.599. The lowest BCUT2D eigenvalue weighted by atomic mass is 10.4. The van der Waals surface area contributed by atoms with E-state index in [-0.39, 0.29) is 9.79 Å². The zero-order valence-electron chi connectivity index (χ0n) is 11.7. The molecule has 7 nitrogen and oxygen atoms in total. The molecule has 21 heavy (non-hydrogen) atoms. The minimum Gasteiger partial charge on any atom is -0.264 e. The summed E-state index contributed by atoms with van der Waals surface area (Å²) in [6, 6.07) is 6.78. The van der Waals surface area contributed by atoms with Crippen molar-refractivity contribution in [1.82, 2.24) is 9.78 Å². The number of benzene rings is 1. The maximum Gasteiger partial charge on any atom is 0.263 e. The summed E-state index contributed by atoms with van der Waals surface area (Å²) in [5.74, 6) is 0.303. The molecule has 0 saturated carbocycles. The Hall–Kier alpha value is -1.87. The van der Waals surface area contributed by atoms with Crippen molar-refractivity contribution in [3.63, 3.8) is 0 Å². The van der Waals surface area contributed by atoms with Crippen LogP contribution in [0.5, 0.6) is 0 Å². The molecule has 0 aliphatic heterocycles. The van der Waals surface area contributed by atoms with Crippen LogP contribution in [0.4, 0.5) is 5.82 Å². The van der Waals surface area contributed by atoms with Crippen LogP contribution in [0.3, 0.4) is 0 Å². The van der Waals surface area contributed by atoms with Crippen LogP contribution in [0.25, 0.3) is 0 Å². The van der Waals surface area contributed by atoms with Gasteiger partial charge in [-0.25, -0.2) is 16.8 Å². The monoisotopic (exact) mass is 329 g/mol. The molecular weight excluding hydrogens is 314 g/mol. The SMILES string of the molecule is Cc1cc(NS(=O)(=O)c2cccc(S(C)(=O)=O)c2)n(C)n1. The first-order valence-corrected chi connectivity index (χ1v) is 9.31. The third-order valence-corrected chi connectivity index (χ3v) is 5.25. The van der Waals surface area contributed by atoms with Gasteiger partial charge in [-0.3, -0.25) is 9.40 Å². The van der Waals surface area contributed by atoms with Gasteiger partial charge in [0.15, 0.2) is 9.84 Å². The third-order valence-electron chi connectivity index (χ3n) is 2.78. The molecule has 0 atom stereocenters. The lowest BCUT2D eigenvalue weighted by Crippen LogP contribution is -2.15. The number of hydrogen-bond acceptors (Lipinski definition) is 5. The quantitative estimate of drug-likeness (QED) is 0.900. The van der Waals surface area contributed by atoms with Crippen molar-refractivity contribution < 1.29 is 16.8 Å². The van der Waals surface area contributed by atoms with Gasteiger partial charge in [-0.1, -0.05) is 6.07 Å². The largest absolute Gasteiger partial charge is 0.264 e. The summed E-state index contributed by atoms with van der Waals surface area (Å²) in [6.07, 6.45) is 1.02. The summed E-state index contributed by atoms with van der Waals surface area (Å²) in [5.41, 5.74) is 0.667. The van der Waals surface area contributed by atoms with Crippen LogP contribution >= 0.6 is 0 Å². The summed E-state index contributed by atoms with van der Waals surface area (Å²) < 4.78 is 51.4. The molecule has 0 saturated heterocycles. The van der Waals surface area contributed by atoms with Crippen molar-refractivity contribution in [2.45, 2.75) is 16.7 Å². The predicted molar refractivity (Wildman–Crippen MR) is 78.3 cm³/mol. The summed E-state index contributed by atoms with van der Waals surface area (Å²) in [6.45, 7) is 1.74. The molecule has 0 spiro atoms. The Labute approximate surface area is 123 Å². The Morgan fingerprint density at radius 2 is 1.71 bits per heavy atom. The number of aryl methyl sites for hydroxylation is 2. The molecule has 2 rings (SSSR count). The average Bonchev–Trinajstić information content (AvgIpc) is 2.66. The Morgan fingerprint density at radius 3 is 2.24 bits per heavy atom. The number of sulfonamides is 1. The summed E-state index contributed by atoms with van der Waals surface area (Å²) in [7, 11) is -5.74. The first-order valence-electron chi connectivity index (χ1n) is 5.93. The zero-order valence-corrected chi connectivity index (χ0v) is 13.4. The van der Waals surface area contributed by atoms with Crippen molar-refractivity contribution in [3.8, 4) is 0 Å². The van der Waals surface area contributed by atoms with Crippen molar-refractivity contribution in [2.75, 3.05) is 11.0 Å². The fraction of sp³-hybridized carbons (Fsp3) is 0.250. The lowest BCUT2D eigenvalue weighted by Gasteiger charge is -2.08. The average molecular weight is 329 g/mol. The molecule has 0 radical (unpaired) electrons. The molecule has 0 amide bonds. The smallest absolute Gasteiger partial charge is 0.263 e. The maximum atomic E-state index is 12.3. The van der Waals surface area contributed by atoms with Crippen LogP contribution in [0.1, 0.15) is 5.69 Å². The van der Waals surface area contributed by atoms with E-state index in [1.54, 1.807) is 20.0 Å². The van der Waals surface area contributed by atoms with Gasteiger partial charge in [0.05, 0.1) is 15.5 Å². The second-order valence-corrected chi connectivity index (χ2v) is 8.35. The molecule has 1 heterocycles. The van der Waals surface area contributed by atoms with E-state index in [0.29, 0.717) is 11.5 Å². The van der Waals surface area contributed by atoms with Crippen molar-refractivity contribution in [3.05, 3.63) is 36.0 Å². The highest BCUT2D eigenvalue weighted by Gasteiger charge is 2.18. The number of hydrogen-bond donors (Lipinski definition) is 1. The predicted octanol–water partition coefficient (Wildman–Crippen LogP) is 0.933. The van der Waals surface area contributed by atoms with Gasteiger partial charge >= 0.3 is 0 Å². The molecule has 1 aromatic heterocycles. The van der Waals surface area contributed by atoms with E-state index in [1.807, 2.05) is 0 Å². The van der Waals surface area contributed by atoms with Crippen LogP contribution in [0.15, 0.2) is 40.1 Å². The van der Waals surface area contributed by atoms with E-state index in [4.69, 9.17) is 0 Å². The fourth-order valence-corrected chi connectivity index (χ4v) is 3.64. The van der Waals surface area contributed by atoms with Gasteiger partial charge in [0, 0.05) is 19.4 Å². The summed E-state index contributed by atoms with van der Waals surface area (Å²) in [5, 5.41) is 4.04. The fourth-order valence-electron chi connectivity index (χ4n) is 1.77. The molecule has 0 aliphatic carbocycles. The number of anilines is 1. The molecule has 0 fully saturated rings. The normalized spacial score (nSPS) is 12.3. The van der Waals surface area contributed by atoms with E-state index in [9.17, 15) is 16.8 Å². The van der Waals surface area contributed by atoms with Crippen molar-refractivity contribution in [2.24, 2.45) is 7.05 Å². The topological polar surface area (TPSA) is 98.1 Å². The second-order valence-electron chi connectivity index (χ2n) is 4.65. The van der Waals surface area contributed by atoms with Gasteiger partial charge in [-0.05, 0) is 25.1 Å². The van der Waals surface area contributed by atoms with E-state index in [2.05, 4.69) is 9.82 Å². The first-order chi connectivity index (χ1) is 9.59. The van der Waals surface area contributed by atoms with Crippen LogP contribution in [0.2, 0.25) is 0 Å². The minimum absolute atomic E-state index is 0.0495. The molecule has 1 aromatic carbocycles. The number of aromatic nitrogens is 2. The number of nitrogens with zero attached hydrogens (tertiary/aromatic N) is 2. The minimum atomic E-state index is -3.88. The first kappa shape index (κ1) is 15.5. The van der Waals surface area contributed by atoms with Gasteiger partial charge in [-0.2, -0.15) is 5.10 Å². The van der Waals surface area contributed by atoms with E-state index < -0.39 is 19.9 Å². The van der Waals surface area contributed by atoms with E-state index >= 15 is 0 Å². The Morgan fingerprint density at radius 1 is 1.10 bits per heavy atom. The molecule has 0 bridgehead atoms. The molecule has 0 unspecified atom stereocenters. The van der Waals surface area contributed by atoms with Crippen LogP contribution in [-0.4, -0.2) is 32.9 Å². The third kappa shape index (κ3) is 3.42. The van der Waals surface area contributed by atoms with Crippen LogP contribution < -0.4 is 4.72 Å². The van der Waals surface area contributed by atoms with E-state index in [0.717, 1.165) is 12.3 Å². The van der Waals surface area contributed by atoms with Gasteiger partial charge < -0.3 is 0 Å². The Balaban J connectivity index is 2.43. The van der Waals surface area contributed by atoms with Gasteiger partial charge in [0.1, 0.15) is 5.82 Å². The molecule has 0 aliphatic rings. The van der Waals surface area contributed by atoms with Crippen LogP contribution in [-0.2, 0) is 26.9 Å². The highest BCUT2D eigenvalue weighted by atomic mass is 32.2. The molecule has 9 heteroatoms. The summed E-state index contributed by atoms with van der Waals surface area (Å²) in [4.78, 5) is -0.171. The van der Waals surface area contributed by atoms with Gasteiger partial charge in [-0.15, -0.1) is 0 Å². The molecular formula is C12H15N3O4S2. The number of rotatable bonds is 4. The van der Waals surface area contributed by atoms with E-state index in [1.165, 1.54) is 22.9 Å². The number of nitrogens with one attached hydrogen (secondary N) is 1. The summed E-state index contributed by atoms with van der Waals surface area (Å²) >= 11 is 0. The number of sulfone groups is 1. The molecule has 1 N–H and O–H groups in total. The highest BCUT2D eigenvalue weighted by Crippen LogP contribution is 2.19.